The summed E-state index contributed by atoms with van der Waals surface area (Å²) in [5.41, 5.74) is 1.88. The van der Waals surface area contributed by atoms with Crippen molar-refractivity contribution >= 4 is 5.97 Å². The average Bonchev–Trinajstić information content (AvgIpc) is 2.39. The van der Waals surface area contributed by atoms with Crippen molar-refractivity contribution in [2.45, 2.75) is 20.0 Å². The molecular formula is C14H18O5. The molecule has 0 fully saturated rings. The van der Waals surface area contributed by atoms with Crippen LogP contribution in [0.15, 0.2) is 12.1 Å². The molecule has 1 aromatic carbocycles. The molecule has 104 valence electrons. The van der Waals surface area contributed by atoms with E-state index in [0.29, 0.717) is 37.7 Å². The fraction of sp³-hybridized carbons (Fsp3) is 0.500. The van der Waals surface area contributed by atoms with Crippen LogP contribution in [0.3, 0.4) is 0 Å². The fourth-order valence-corrected chi connectivity index (χ4v) is 2.07. The van der Waals surface area contributed by atoms with Crippen LogP contribution in [0.1, 0.15) is 18.1 Å². The summed E-state index contributed by atoms with van der Waals surface area (Å²) in [4.78, 5) is 11.0. The van der Waals surface area contributed by atoms with E-state index < -0.39 is 11.9 Å². The van der Waals surface area contributed by atoms with Crippen molar-refractivity contribution < 1.29 is 24.1 Å². The van der Waals surface area contributed by atoms with Gasteiger partial charge in [0.2, 0.25) is 0 Å². The Labute approximate surface area is 112 Å². The van der Waals surface area contributed by atoms with Gasteiger partial charge in [-0.1, -0.05) is 6.92 Å². The van der Waals surface area contributed by atoms with E-state index in [1.165, 1.54) is 0 Å². The van der Waals surface area contributed by atoms with Crippen LogP contribution in [-0.2, 0) is 22.6 Å². The van der Waals surface area contributed by atoms with Crippen molar-refractivity contribution in [1.82, 2.24) is 0 Å². The SMILES string of the molecule is COCc1cc2c(cc1CC(C)C(=O)O)OCCO2. The largest absolute Gasteiger partial charge is 0.486 e. The number of carboxylic acid groups (broad SMARTS) is 1. The van der Waals surface area contributed by atoms with Gasteiger partial charge in [0, 0.05) is 7.11 Å². The summed E-state index contributed by atoms with van der Waals surface area (Å²) in [5, 5.41) is 9.02. The summed E-state index contributed by atoms with van der Waals surface area (Å²) in [6.07, 6.45) is 0.449. The zero-order chi connectivity index (χ0) is 13.8. The quantitative estimate of drug-likeness (QED) is 0.881. The maximum Gasteiger partial charge on any atom is 0.306 e. The first-order valence-electron chi connectivity index (χ1n) is 6.25. The highest BCUT2D eigenvalue weighted by molar-refractivity contribution is 5.70. The van der Waals surface area contributed by atoms with Gasteiger partial charge < -0.3 is 19.3 Å². The van der Waals surface area contributed by atoms with Crippen molar-refractivity contribution in [3.05, 3.63) is 23.3 Å². The average molecular weight is 266 g/mol. The van der Waals surface area contributed by atoms with E-state index in [0.717, 1.165) is 11.1 Å². The number of aliphatic carboxylic acids is 1. The van der Waals surface area contributed by atoms with Crippen LogP contribution in [0, 0.1) is 5.92 Å². The van der Waals surface area contributed by atoms with Crippen LogP contribution in [0.5, 0.6) is 11.5 Å². The van der Waals surface area contributed by atoms with Gasteiger partial charge in [-0.25, -0.2) is 0 Å². The lowest BCUT2D eigenvalue weighted by molar-refractivity contribution is -0.141. The first kappa shape index (κ1) is 13.7. The molecule has 1 N–H and O–H groups in total. The Bertz CT molecular complexity index is 469. The minimum absolute atomic E-state index is 0.429. The Kier molecular flexibility index (Phi) is 4.27. The van der Waals surface area contributed by atoms with Gasteiger partial charge in [0.1, 0.15) is 13.2 Å². The molecule has 1 unspecified atom stereocenters. The lowest BCUT2D eigenvalue weighted by Crippen LogP contribution is -2.17. The number of fused-ring (bicyclic) bond motifs is 1. The molecule has 19 heavy (non-hydrogen) atoms. The van der Waals surface area contributed by atoms with Gasteiger partial charge in [-0.3, -0.25) is 4.79 Å². The normalized spacial score (nSPS) is 15.1. The smallest absolute Gasteiger partial charge is 0.306 e. The third-order valence-corrected chi connectivity index (χ3v) is 3.11. The Morgan fingerprint density at radius 1 is 1.32 bits per heavy atom. The molecule has 5 heteroatoms. The maximum absolute atomic E-state index is 11.0. The predicted molar refractivity (Wildman–Crippen MR) is 68.6 cm³/mol. The lowest BCUT2D eigenvalue weighted by atomic mass is 9.96. The number of methoxy groups -OCH3 is 1. The molecule has 0 amide bonds. The molecule has 1 atom stereocenters. The van der Waals surface area contributed by atoms with Gasteiger partial charge in [0.25, 0.3) is 0 Å². The number of hydrogen-bond acceptors (Lipinski definition) is 4. The molecule has 0 spiro atoms. The van der Waals surface area contributed by atoms with Crippen LogP contribution < -0.4 is 9.47 Å². The summed E-state index contributed by atoms with van der Waals surface area (Å²) in [5.74, 6) is 0.125. The van der Waals surface area contributed by atoms with Crippen molar-refractivity contribution in [3.63, 3.8) is 0 Å². The Hall–Kier alpha value is -1.75. The van der Waals surface area contributed by atoms with E-state index in [4.69, 9.17) is 19.3 Å². The van der Waals surface area contributed by atoms with E-state index in [2.05, 4.69) is 0 Å². The molecule has 0 bridgehead atoms. The van der Waals surface area contributed by atoms with E-state index in [1.54, 1.807) is 14.0 Å². The first-order valence-corrected chi connectivity index (χ1v) is 6.25. The van der Waals surface area contributed by atoms with Gasteiger partial charge in [0.15, 0.2) is 11.5 Å². The highest BCUT2D eigenvalue weighted by Gasteiger charge is 2.19. The Morgan fingerprint density at radius 2 is 1.89 bits per heavy atom. The zero-order valence-corrected chi connectivity index (χ0v) is 11.1. The van der Waals surface area contributed by atoms with E-state index >= 15 is 0 Å². The number of ether oxygens (including phenoxy) is 3. The maximum atomic E-state index is 11.0. The van der Waals surface area contributed by atoms with Crippen LogP contribution in [0.4, 0.5) is 0 Å². The minimum atomic E-state index is -0.807. The number of benzene rings is 1. The van der Waals surface area contributed by atoms with Gasteiger partial charge in [0.05, 0.1) is 12.5 Å². The Balaban J connectivity index is 2.31. The number of carboxylic acids is 1. The van der Waals surface area contributed by atoms with Crippen molar-refractivity contribution in [1.29, 1.82) is 0 Å². The van der Waals surface area contributed by atoms with Crippen LogP contribution in [0.2, 0.25) is 0 Å². The molecule has 5 nitrogen and oxygen atoms in total. The molecule has 1 aromatic rings. The van der Waals surface area contributed by atoms with Gasteiger partial charge >= 0.3 is 5.97 Å². The summed E-state index contributed by atoms with van der Waals surface area (Å²) in [6.45, 7) is 3.17. The second-order valence-electron chi connectivity index (χ2n) is 4.64. The highest BCUT2D eigenvalue weighted by atomic mass is 16.6. The molecule has 1 aliphatic heterocycles. The van der Waals surface area contributed by atoms with Gasteiger partial charge in [-0.05, 0) is 29.7 Å². The molecule has 0 saturated heterocycles. The van der Waals surface area contributed by atoms with Crippen LogP contribution >= 0.6 is 0 Å². The monoisotopic (exact) mass is 266 g/mol. The molecule has 2 rings (SSSR count). The van der Waals surface area contributed by atoms with Crippen molar-refractivity contribution in [3.8, 4) is 11.5 Å². The zero-order valence-electron chi connectivity index (χ0n) is 11.1. The third-order valence-electron chi connectivity index (χ3n) is 3.11. The topological polar surface area (TPSA) is 65.0 Å². The summed E-state index contributed by atoms with van der Waals surface area (Å²) in [6, 6.07) is 3.74. The predicted octanol–water partition coefficient (Wildman–Crippen LogP) is 1.87. The second-order valence-corrected chi connectivity index (χ2v) is 4.64. The summed E-state index contributed by atoms with van der Waals surface area (Å²) >= 11 is 0. The third kappa shape index (κ3) is 3.17. The summed E-state index contributed by atoms with van der Waals surface area (Å²) in [7, 11) is 1.61. The molecule has 0 saturated carbocycles. The van der Waals surface area contributed by atoms with E-state index in [-0.39, 0.29) is 0 Å². The molecule has 0 aliphatic carbocycles. The van der Waals surface area contributed by atoms with Crippen molar-refractivity contribution in [2.75, 3.05) is 20.3 Å². The van der Waals surface area contributed by atoms with E-state index in [9.17, 15) is 4.79 Å². The van der Waals surface area contributed by atoms with Crippen molar-refractivity contribution in [2.24, 2.45) is 5.92 Å². The standard InChI is InChI=1S/C14H18O5/c1-9(14(15)16)5-10-6-12-13(19-4-3-18-12)7-11(10)8-17-2/h6-7,9H,3-5,8H2,1-2H3,(H,15,16). The Morgan fingerprint density at radius 3 is 2.42 bits per heavy atom. The molecular weight excluding hydrogens is 248 g/mol. The van der Waals surface area contributed by atoms with Crippen LogP contribution in [-0.4, -0.2) is 31.4 Å². The summed E-state index contributed by atoms with van der Waals surface area (Å²) < 4.78 is 16.2. The molecule has 1 heterocycles. The second kappa shape index (κ2) is 5.93. The molecule has 1 aliphatic rings. The number of hydrogen-bond donors (Lipinski definition) is 1. The van der Waals surface area contributed by atoms with Crippen LogP contribution in [0.25, 0.3) is 0 Å². The fourth-order valence-electron chi connectivity index (χ4n) is 2.07. The van der Waals surface area contributed by atoms with Gasteiger partial charge in [-0.2, -0.15) is 0 Å². The first-order chi connectivity index (χ1) is 9.11. The van der Waals surface area contributed by atoms with E-state index in [1.807, 2.05) is 12.1 Å². The number of rotatable bonds is 5. The highest BCUT2D eigenvalue weighted by Crippen LogP contribution is 2.34. The minimum Gasteiger partial charge on any atom is -0.486 e. The van der Waals surface area contributed by atoms with Gasteiger partial charge in [-0.15, -0.1) is 0 Å². The number of carbonyl (C=O) groups is 1. The lowest BCUT2D eigenvalue weighted by Gasteiger charge is -2.21. The molecule has 0 aromatic heterocycles. The molecule has 0 radical (unpaired) electrons.